The van der Waals surface area contributed by atoms with Crippen molar-refractivity contribution in [1.82, 2.24) is 0 Å². The van der Waals surface area contributed by atoms with Gasteiger partial charge in [0.25, 0.3) is 0 Å². The van der Waals surface area contributed by atoms with E-state index < -0.39 is 5.97 Å². The van der Waals surface area contributed by atoms with Crippen LogP contribution in [0.4, 0.5) is 11.4 Å². The van der Waals surface area contributed by atoms with Crippen molar-refractivity contribution >= 4 is 29.4 Å². The number of hydrogen-bond acceptors (Lipinski definition) is 8. The fourth-order valence-electron chi connectivity index (χ4n) is 5.52. The summed E-state index contributed by atoms with van der Waals surface area (Å²) in [5, 5.41) is 0. The average molecular weight is 629 g/mol. The van der Waals surface area contributed by atoms with Gasteiger partial charge in [0, 0.05) is 17.5 Å². The van der Waals surface area contributed by atoms with E-state index in [0.717, 1.165) is 55.6 Å². The molecule has 0 amide bonds. The molecule has 0 unspecified atom stereocenters. The van der Waals surface area contributed by atoms with Crippen molar-refractivity contribution in [1.29, 1.82) is 0 Å². The molecule has 46 heavy (non-hydrogen) atoms. The van der Waals surface area contributed by atoms with E-state index in [-0.39, 0.29) is 5.97 Å². The molecular weight excluding hydrogens is 580 g/mol. The quantitative estimate of drug-likeness (QED) is 0.0627. The Morgan fingerprint density at radius 1 is 0.652 bits per heavy atom. The molecule has 0 saturated heterocycles. The Hall–Kier alpha value is -4.46. The Morgan fingerprint density at radius 2 is 1.20 bits per heavy atom. The van der Waals surface area contributed by atoms with Gasteiger partial charge in [0.1, 0.15) is 11.5 Å². The molecule has 3 aromatic carbocycles. The van der Waals surface area contributed by atoms with Crippen LogP contribution >= 0.6 is 0 Å². The number of rotatable bonds is 18. The molecule has 0 aromatic heterocycles. The lowest BCUT2D eigenvalue weighted by Crippen LogP contribution is -2.08. The highest BCUT2D eigenvalue weighted by atomic mass is 16.5. The monoisotopic (exact) mass is 628 g/mol. The second-order valence-electron chi connectivity index (χ2n) is 11.8. The van der Waals surface area contributed by atoms with Crippen LogP contribution in [0.25, 0.3) is 6.08 Å². The van der Waals surface area contributed by atoms with Gasteiger partial charge in [0.05, 0.1) is 32.0 Å². The number of ether oxygens (including phenoxy) is 4. The second-order valence-corrected chi connectivity index (χ2v) is 11.8. The molecule has 1 aliphatic rings. The SMILES string of the molecule is Nc1cc(N)cc(C(=O)OCCCCCCOc2ccc(C=CC(=O)OCCCCOc3ccc(C4CCCCC4)cc3)cc2)c1. The fourth-order valence-corrected chi connectivity index (χ4v) is 5.52. The van der Waals surface area contributed by atoms with Gasteiger partial charge in [-0.3, -0.25) is 0 Å². The molecule has 1 saturated carbocycles. The molecule has 3 aromatic rings. The second kappa shape index (κ2) is 19.1. The minimum Gasteiger partial charge on any atom is -0.494 e. The third-order valence-electron chi connectivity index (χ3n) is 8.05. The van der Waals surface area contributed by atoms with Crippen molar-refractivity contribution in [3.05, 3.63) is 89.5 Å². The zero-order valence-corrected chi connectivity index (χ0v) is 26.8. The van der Waals surface area contributed by atoms with E-state index >= 15 is 0 Å². The summed E-state index contributed by atoms with van der Waals surface area (Å²) in [6.45, 7) is 1.91. The van der Waals surface area contributed by atoms with E-state index in [1.165, 1.54) is 43.7 Å². The maximum absolute atomic E-state index is 12.1. The third kappa shape index (κ3) is 12.5. The van der Waals surface area contributed by atoms with E-state index in [1.54, 1.807) is 24.3 Å². The number of benzene rings is 3. The third-order valence-corrected chi connectivity index (χ3v) is 8.05. The Balaban J connectivity index is 0.990. The van der Waals surface area contributed by atoms with Gasteiger partial charge in [-0.1, -0.05) is 43.5 Å². The molecule has 0 spiro atoms. The van der Waals surface area contributed by atoms with Crippen LogP contribution in [0, 0.1) is 0 Å². The van der Waals surface area contributed by atoms with Gasteiger partial charge < -0.3 is 30.4 Å². The molecule has 1 aliphatic carbocycles. The molecule has 8 nitrogen and oxygen atoms in total. The Bertz CT molecular complexity index is 1360. The lowest BCUT2D eigenvalue weighted by molar-refractivity contribution is -0.137. The van der Waals surface area contributed by atoms with Crippen molar-refractivity contribution in [3.8, 4) is 11.5 Å². The lowest BCUT2D eigenvalue weighted by atomic mass is 9.84. The molecule has 0 aliphatic heterocycles. The topological polar surface area (TPSA) is 123 Å². The molecular formula is C38H48N2O6. The molecule has 8 heteroatoms. The first-order chi connectivity index (χ1) is 22.5. The highest BCUT2D eigenvalue weighted by Gasteiger charge is 2.15. The van der Waals surface area contributed by atoms with Gasteiger partial charge in [-0.25, -0.2) is 9.59 Å². The molecule has 4 rings (SSSR count). The standard InChI is InChI=1S/C38H48N2O6/c39-33-26-32(27-34(40)28-33)38(42)46-25-7-2-1-6-22-43-35-17-12-29(13-18-35)14-21-37(41)45-24-9-8-23-44-36-19-15-31(16-20-36)30-10-4-3-5-11-30/h12-21,26-28,30H,1-11,22-25,39-40H2. The summed E-state index contributed by atoms with van der Waals surface area (Å²) in [6.07, 6.45) is 15.0. The average Bonchev–Trinajstić information content (AvgIpc) is 3.07. The summed E-state index contributed by atoms with van der Waals surface area (Å²) in [4.78, 5) is 24.2. The van der Waals surface area contributed by atoms with Gasteiger partial charge in [0.15, 0.2) is 0 Å². The summed E-state index contributed by atoms with van der Waals surface area (Å²) in [7, 11) is 0. The number of anilines is 2. The summed E-state index contributed by atoms with van der Waals surface area (Å²) in [5.41, 5.74) is 15.0. The number of carbonyl (C=O) groups excluding carboxylic acids is 2. The highest BCUT2D eigenvalue weighted by Crippen LogP contribution is 2.33. The first-order valence-corrected chi connectivity index (χ1v) is 16.6. The van der Waals surface area contributed by atoms with E-state index in [0.29, 0.717) is 49.3 Å². The van der Waals surface area contributed by atoms with Crippen molar-refractivity contribution in [2.24, 2.45) is 0 Å². The summed E-state index contributed by atoms with van der Waals surface area (Å²) in [5.74, 6) is 1.60. The summed E-state index contributed by atoms with van der Waals surface area (Å²) < 4.78 is 22.3. The Labute approximate surface area is 273 Å². The van der Waals surface area contributed by atoms with Crippen molar-refractivity contribution < 1.29 is 28.5 Å². The van der Waals surface area contributed by atoms with Crippen LogP contribution in [0.2, 0.25) is 0 Å². The Kier molecular flexibility index (Phi) is 14.3. The summed E-state index contributed by atoms with van der Waals surface area (Å²) in [6, 6.07) is 20.8. The van der Waals surface area contributed by atoms with E-state index in [2.05, 4.69) is 24.3 Å². The van der Waals surface area contributed by atoms with Crippen molar-refractivity contribution in [2.75, 3.05) is 37.9 Å². The number of hydrogen-bond donors (Lipinski definition) is 2. The maximum atomic E-state index is 12.1. The van der Waals surface area contributed by atoms with Crippen LogP contribution in [-0.4, -0.2) is 38.4 Å². The van der Waals surface area contributed by atoms with Crippen LogP contribution in [-0.2, 0) is 14.3 Å². The highest BCUT2D eigenvalue weighted by molar-refractivity contribution is 5.91. The fraction of sp³-hybridized carbons (Fsp3) is 0.421. The van der Waals surface area contributed by atoms with Crippen LogP contribution in [0.1, 0.15) is 98.0 Å². The molecule has 0 radical (unpaired) electrons. The molecule has 0 atom stereocenters. The van der Waals surface area contributed by atoms with Gasteiger partial charge in [-0.2, -0.15) is 0 Å². The molecule has 1 fully saturated rings. The minimum absolute atomic E-state index is 0.349. The Morgan fingerprint density at radius 3 is 1.85 bits per heavy atom. The largest absolute Gasteiger partial charge is 0.494 e. The van der Waals surface area contributed by atoms with Crippen molar-refractivity contribution in [2.45, 2.75) is 76.5 Å². The van der Waals surface area contributed by atoms with Crippen LogP contribution in [0.3, 0.4) is 0 Å². The van der Waals surface area contributed by atoms with Crippen LogP contribution in [0.15, 0.2) is 72.8 Å². The first-order valence-electron chi connectivity index (χ1n) is 16.6. The lowest BCUT2D eigenvalue weighted by Gasteiger charge is -2.22. The van der Waals surface area contributed by atoms with E-state index in [9.17, 15) is 9.59 Å². The van der Waals surface area contributed by atoms with Gasteiger partial charge in [-0.15, -0.1) is 0 Å². The zero-order chi connectivity index (χ0) is 32.4. The van der Waals surface area contributed by atoms with Gasteiger partial charge >= 0.3 is 11.9 Å². The predicted molar refractivity (Wildman–Crippen MR) is 183 cm³/mol. The van der Waals surface area contributed by atoms with Crippen molar-refractivity contribution in [3.63, 3.8) is 0 Å². The van der Waals surface area contributed by atoms with E-state index in [1.807, 2.05) is 24.3 Å². The number of esters is 2. The molecule has 0 heterocycles. The smallest absolute Gasteiger partial charge is 0.338 e. The minimum atomic E-state index is -0.416. The first kappa shape index (κ1) is 34.4. The maximum Gasteiger partial charge on any atom is 0.338 e. The number of nitrogens with two attached hydrogens (primary N) is 2. The molecule has 246 valence electrons. The number of carbonyl (C=O) groups is 2. The zero-order valence-electron chi connectivity index (χ0n) is 26.8. The van der Waals surface area contributed by atoms with Crippen LogP contribution < -0.4 is 20.9 Å². The van der Waals surface area contributed by atoms with Crippen LogP contribution in [0.5, 0.6) is 11.5 Å². The predicted octanol–water partition coefficient (Wildman–Crippen LogP) is 8.11. The molecule has 4 N–H and O–H groups in total. The van der Waals surface area contributed by atoms with Gasteiger partial charge in [0.2, 0.25) is 0 Å². The number of unbranched alkanes of at least 4 members (excludes halogenated alkanes) is 4. The summed E-state index contributed by atoms with van der Waals surface area (Å²) >= 11 is 0. The van der Waals surface area contributed by atoms with E-state index in [4.69, 9.17) is 30.4 Å². The molecule has 0 bridgehead atoms. The number of nitrogen functional groups attached to an aromatic ring is 2. The van der Waals surface area contributed by atoms with Gasteiger partial charge in [-0.05, 0) is 117 Å². The normalized spacial score (nSPS) is 13.4.